The van der Waals surface area contributed by atoms with Crippen LogP contribution in [0.4, 0.5) is 0 Å². The van der Waals surface area contributed by atoms with Gasteiger partial charge in [-0.1, -0.05) is 13.3 Å². The van der Waals surface area contributed by atoms with Gasteiger partial charge >= 0.3 is 0 Å². The first-order valence-corrected chi connectivity index (χ1v) is 6.16. The fourth-order valence-corrected chi connectivity index (χ4v) is 2.29. The van der Waals surface area contributed by atoms with Gasteiger partial charge in [0.2, 0.25) is 0 Å². The first-order chi connectivity index (χ1) is 6.68. The molecular formula is C12H26N2. The van der Waals surface area contributed by atoms with Gasteiger partial charge in [-0.3, -0.25) is 0 Å². The van der Waals surface area contributed by atoms with Crippen molar-refractivity contribution in [3.8, 4) is 0 Å². The lowest BCUT2D eigenvalue weighted by atomic mass is 10.0. The van der Waals surface area contributed by atoms with Crippen LogP contribution in [0.15, 0.2) is 0 Å². The van der Waals surface area contributed by atoms with E-state index in [-0.39, 0.29) is 0 Å². The second-order valence-corrected chi connectivity index (χ2v) is 5.02. The smallest absolute Gasteiger partial charge is 0.00104 e. The summed E-state index contributed by atoms with van der Waals surface area (Å²) in [6.07, 6.45) is 6.65. The van der Waals surface area contributed by atoms with Crippen molar-refractivity contribution < 1.29 is 0 Å². The second-order valence-electron chi connectivity index (χ2n) is 5.02. The highest BCUT2D eigenvalue weighted by Gasteiger charge is 2.14. The van der Waals surface area contributed by atoms with Crippen LogP contribution < -0.4 is 5.73 Å². The van der Waals surface area contributed by atoms with Gasteiger partial charge in [0.05, 0.1) is 0 Å². The summed E-state index contributed by atoms with van der Waals surface area (Å²) in [6.45, 7) is 8.44. The molecule has 0 aromatic heterocycles. The summed E-state index contributed by atoms with van der Waals surface area (Å²) in [6, 6.07) is 0.383. The molecule has 2 heteroatoms. The summed E-state index contributed by atoms with van der Waals surface area (Å²) >= 11 is 0. The van der Waals surface area contributed by atoms with Gasteiger partial charge in [0, 0.05) is 12.6 Å². The number of nitrogens with two attached hydrogens (primary N) is 1. The zero-order valence-electron chi connectivity index (χ0n) is 9.84. The Kier molecular flexibility index (Phi) is 5.49. The minimum Gasteiger partial charge on any atom is -0.328 e. The van der Waals surface area contributed by atoms with E-state index in [0.29, 0.717) is 6.04 Å². The molecule has 0 aromatic rings. The van der Waals surface area contributed by atoms with Crippen molar-refractivity contribution in [2.24, 2.45) is 11.7 Å². The van der Waals surface area contributed by atoms with E-state index in [1.807, 2.05) is 0 Å². The van der Waals surface area contributed by atoms with Gasteiger partial charge in [-0.05, 0) is 51.6 Å². The number of hydrogen-bond acceptors (Lipinski definition) is 2. The Labute approximate surface area is 88.8 Å². The Balaban J connectivity index is 2.00. The van der Waals surface area contributed by atoms with Gasteiger partial charge in [0.25, 0.3) is 0 Å². The highest BCUT2D eigenvalue weighted by Crippen LogP contribution is 2.14. The van der Waals surface area contributed by atoms with E-state index in [0.717, 1.165) is 5.92 Å². The maximum absolute atomic E-state index is 5.73. The van der Waals surface area contributed by atoms with Crippen LogP contribution >= 0.6 is 0 Å². The molecule has 84 valence electrons. The second kappa shape index (κ2) is 6.41. The van der Waals surface area contributed by atoms with Crippen LogP contribution in [-0.2, 0) is 0 Å². The van der Waals surface area contributed by atoms with Crippen LogP contribution in [0.5, 0.6) is 0 Å². The van der Waals surface area contributed by atoms with Crippen molar-refractivity contribution in [2.75, 3.05) is 19.6 Å². The maximum Gasteiger partial charge on any atom is 0.00104 e. The maximum atomic E-state index is 5.73. The van der Waals surface area contributed by atoms with E-state index in [4.69, 9.17) is 5.73 Å². The monoisotopic (exact) mass is 198 g/mol. The van der Waals surface area contributed by atoms with Gasteiger partial charge < -0.3 is 10.6 Å². The molecule has 1 aliphatic rings. The molecular weight excluding hydrogens is 172 g/mol. The van der Waals surface area contributed by atoms with Gasteiger partial charge in [-0.2, -0.15) is 0 Å². The van der Waals surface area contributed by atoms with Crippen LogP contribution in [0.3, 0.4) is 0 Å². The first kappa shape index (κ1) is 12.0. The molecule has 0 bridgehead atoms. The minimum atomic E-state index is 0.383. The van der Waals surface area contributed by atoms with Crippen molar-refractivity contribution in [2.45, 2.75) is 52.0 Å². The summed E-state index contributed by atoms with van der Waals surface area (Å²) in [5, 5.41) is 0. The van der Waals surface area contributed by atoms with Crippen molar-refractivity contribution in [3.63, 3.8) is 0 Å². The quantitative estimate of drug-likeness (QED) is 0.709. The number of likely N-dealkylation sites (tertiary alicyclic amines) is 1. The van der Waals surface area contributed by atoms with Gasteiger partial charge in [-0.25, -0.2) is 0 Å². The molecule has 0 aliphatic carbocycles. The van der Waals surface area contributed by atoms with Crippen LogP contribution in [0.25, 0.3) is 0 Å². The van der Waals surface area contributed by atoms with Gasteiger partial charge in [0.15, 0.2) is 0 Å². The van der Waals surface area contributed by atoms with Gasteiger partial charge in [-0.15, -0.1) is 0 Å². The van der Waals surface area contributed by atoms with E-state index in [9.17, 15) is 0 Å². The molecule has 1 aliphatic heterocycles. The highest BCUT2D eigenvalue weighted by molar-refractivity contribution is 4.69. The summed E-state index contributed by atoms with van der Waals surface area (Å²) in [5.74, 6) is 0.854. The molecule has 2 atom stereocenters. The lowest BCUT2D eigenvalue weighted by Gasteiger charge is -2.20. The van der Waals surface area contributed by atoms with E-state index >= 15 is 0 Å². The topological polar surface area (TPSA) is 29.3 Å². The van der Waals surface area contributed by atoms with Crippen LogP contribution in [0.1, 0.15) is 46.0 Å². The summed E-state index contributed by atoms with van der Waals surface area (Å²) < 4.78 is 0. The molecule has 0 saturated carbocycles. The Morgan fingerprint density at radius 2 is 1.79 bits per heavy atom. The van der Waals surface area contributed by atoms with E-state index in [2.05, 4.69) is 18.7 Å². The zero-order valence-corrected chi connectivity index (χ0v) is 9.84. The normalized spacial score (nSPS) is 22.5. The molecule has 1 saturated heterocycles. The molecule has 1 heterocycles. The summed E-state index contributed by atoms with van der Waals surface area (Å²) in [7, 11) is 0. The molecule has 14 heavy (non-hydrogen) atoms. The number of rotatable bonds is 6. The molecule has 0 amide bonds. The summed E-state index contributed by atoms with van der Waals surface area (Å²) in [5.41, 5.74) is 5.73. The Morgan fingerprint density at radius 1 is 1.14 bits per heavy atom. The molecule has 0 spiro atoms. The molecule has 2 nitrogen and oxygen atoms in total. The molecule has 2 unspecified atom stereocenters. The molecule has 1 rings (SSSR count). The van der Waals surface area contributed by atoms with Crippen LogP contribution in [0, 0.1) is 5.92 Å². The van der Waals surface area contributed by atoms with Crippen LogP contribution in [-0.4, -0.2) is 30.6 Å². The summed E-state index contributed by atoms with van der Waals surface area (Å²) in [4.78, 5) is 2.61. The third-order valence-electron chi connectivity index (χ3n) is 3.12. The average Bonchev–Trinajstić information content (AvgIpc) is 2.56. The Morgan fingerprint density at radius 3 is 2.36 bits per heavy atom. The van der Waals surface area contributed by atoms with Crippen molar-refractivity contribution >= 4 is 0 Å². The largest absolute Gasteiger partial charge is 0.328 e. The fourth-order valence-electron chi connectivity index (χ4n) is 2.29. The zero-order chi connectivity index (χ0) is 10.4. The molecule has 0 radical (unpaired) electrons. The highest BCUT2D eigenvalue weighted by atomic mass is 15.1. The molecule has 0 aromatic carbocycles. The number of nitrogens with zero attached hydrogens (tertiary/aromatic N) is 1. The third kappa shape index (κ3) is 4.97. The predicted octanol–water partition coefficient (Wildman–Crippen LogP) is 2.24. The van der Waals surface area contributed by atoms with E-state index in [1.54, 1.807) is 0 Å². The van der Waals surface area contributed by atoms with Crippen molar-refractivity contribution in [3.05, 3.63) is 0 Å². The predicted molar refractivity (Wildman–Crippen MR) is 62.3 cm³/mol. The SMILES string of the molecule is CC(N)CCCC(C)CN1CCCC1. The first-order valence-electron chi connectivity index (χ1n) is 6.16. The van der Waals surface area contributed by atoms with E-state index in [1.165, 1.54) is 51.7 Å². The fraction of sp³-hybridized carbons (Fsp3) is 1.00. The van der Waals surface area contributed by atoms with Crippen molar-refractivity contribution in [1.29, 1.82) is 0 Å². The Bertz CT molecular complexity index is 139. The van der Waals surface area contributed by atoms with Gasteiger partial charge in [0.1, 0.15) is 0 Å². The lowest BCUT2D eigenvalue weighted by Crippen LogP contribution is -2.25. The average molecular weight is 198 g/mol. The standard InChI is InChI=1S/C12H26N2/c1-11(6-5-7-12(2)13)10-14-8-3-4-9-14/h11-12H,3-10,13H2,1-2H3. The van der Waals surface area contributed by atoms with Crippen molar-refractivity contribution in [1.82, 2.24) is 4.90 Å². The molecule has 1 fully saturated rings. The number of hydrogen-bond donors (Lipinski definition) is 1. The minimum absolute atomic E-state index is 0.383. The lowest BCUT2D eigenvalue weighted by molar-refractivity contribution is 0.275. The van der Waals surface area contributed by atoms with E-state index < -0.39 is 0 Å². The Hall–Kier alpha value is -0.0800. The van der Waals surface area contributed by atoms with Crippen LogP contribution in [0.2, 0.25) is 0 Å². The molecule has 2 N–H and O–H groups in total. The third-order valence-corrected chi connectivity index (χ3v) is 3.12.